The first kappa shape index (κ1) is 12.5. The van der Waals surface area contributed by atoms with Gasteiger partial charge in [-0.15, -0.1) is 0 Å². The van der Waals surface area contributed by atoms with Crippen LogP contribution in [0.25, 0.3) is 11.0 Å². The first-order valence-electron chi connectivity index (χ1n) is 6.41. The number of aromatic nitrogens is 2. The van der Waals surface area contributed by atoms with Crippen molar-refractivity contribution in [2.24, 2.45) is 0 Å². The Bertz CT molecular complexity index is 770. The van der Waals surface area contributed by atoms with E-state index in [4.69, 9.17) is 4.42 Å². The van der Waals surface area contributed by atoms with Crippen LogP contribution in [0.3, 0.4) is 0 Å². The summed E-state index contributed by atoms with van der Waals surface area (Å²) in [4.78, 5) is 12.1. The standard InChI is InChI=1S/C15H15N3O2/c1-9-3-4-13-11(5-9)6-14(20-13)15(19)16-7-12-8-17-18-10(12)2/h3-6,8H,7H2,1-2H3,(H,16,19)(H,17,18). The minimum atomic E-state index is -0.223. The van der Waals surface area contributed by atoms with Crippen molar-refractivity contribution < 1.29 is 9.21 Å². The number of H-pyrrole nitrogens is 1. The van der Waals surface area contributed by atoms with E-state index in [2.05, 4.69) is 15.5 Å². The second-order valence-electron chi connectivity index (χ2n) is 4.85. The topological polar surface area (TPSA) is 70.9 Å². The molecule has 3 aromatic rings. The third-order valence-corrected chi connectivity index (χ3v) is 3.27. The summed E-state index contributed by atoms with van der Waals surface area (Å²) >= 11 is 0. The lowest BCUT2D eigenvalue weighted by molar-refractivity contribution is 0.0925. The predicted octanol–water partition coefficient (Wildman–Crippen LogP) is 2.70. The van der Waals surface area contributed by atoms with Crippen LogP contribution in [0.1, 0.15) is 27.4 Å². The minimum Gasteiger partial charge on any atom is -0.451 e. The van der Waals surface area contributed by atoms with Gasteiger partial charge in [-0.25, -0.2) is 0 Å². The molecule has 1 amide bonds. The summed E-state index contributed by atoms with van der Waals surface area (Å²) in [5, 5.41) is 10.5. The van der Waals surface area contributed by atoms with Crippen LogP contribution >= 0.6 is 0 Å². The lowest BCUT2D eigenvalue weighted by Gasteiger charge is -2.01. The number of aromatic amines is 1. The van der Waals surface area contributed by atoms with Gasteiger partial charge in [0.2, 0.25) is 0 Å². The lowest BCUT2D eigenvalue weighted by atomic mass is 10.2. The van der Waals surface area contributed by atoms with Crippen LogP contribution < -0.4 is 5.32 Å². The summed E-state index contributed by atoms with van der Waals surface area (Å²) in [5.74, 6) is 0.103. The molecule has 0 radical (unpaired) electrons. The molecule has 0 aliphatic heterocycles. The SMILES string of the molecule is Cc1ccc2oc(C(=O)NCc3cn[nH]c3C)cc2c1. The molecule has 1 aromatic carbocycles. The number of fused-ring (bicyclic) bond motifs is 1. The monoisotopic (exact) mass is 269 g/mol. The summed E-state index contributed by atoms with van der Waals surface area (Å²) in [6, 6.07) is 7.60. The zero-order valence-electron chi connectivity index (χ0n) is 11.4. The van der Waals surface area contributed by atoms with Crippen LogP contribution in [-0.4, -0.2) is 16.1 Å². The minimum absolute atomic E-state index is 0.223. The number of nitrogens with one attached hydrogen (secondary N) is 2. The number of hydrogen-bond acceptors (Lipinski definition) is 3. The number of aryl methyl sites for hydroxylation is 2. The van der Waals surface area contributed by atoms with E-state index < -0.39 is 0 Å². The Morgan fingerprint density at radius 3 is 2.95 bits per heavy atom. The van der Waals surface area contributed by atoms with E-state index in [0.29, 0.717) is 12.3 Å². The second-order valence-corrected chi connectivity index (χ2v) is 4.85. The molecule has 0 unspecified atom stereocenters. The van der Waals surface area contributed by atoms with Crippen molar-refractivity contribution in [2.75, 3.05) is 0 Å². The fourth-order valence-electron chi connectivity index (χ4n) is 2.09. The van der Waals surface area contributed by atoms with E-state index in [1.807, 2.05) is 32.0 Å². The van der Waals surface area contributed by atoms with Crippen LogP contribution in [-0.2, 0) is 6.54 Å². The normalized spacial score (nSPS) is 10.9. The van der Waals surface area contributed by atoms with Crippen molar-refractivity contribution in [1.82, 2.24) is 15.5 Å². The van der Waals surface area contributed by atoms with Crippen molar-refractivity contribution in [2.45, 2.75) is 20.4 Å². The van der Waals surface area contributed by atoms with Gasteiger partial charge in [0.1, 0.15) is 5.58 Å². The Hall–Kier alpha value is -2.56. The molecule has 0 saturated carbocycles. The maximum atomic E-state index is 12.1. The van der Waals surface area contributed by atoms with E-state index in [0.717, 1.165) is 27.8 Å². The molecule has 2 aromatic heterocycles. The number of hydrogen-bond donors (Lipinski definition) is 2. The van der Waals surface area contributed by atoms with E-state index in [9.17, 15) is 4.79 Å². The van der Waals surface area contributed by atoms with Gasteiger partial charge in [-0.1, -0.05) is 11.6 Å². The molecular formula is C15H15N3O2. The molecule has 0 atom stereocenters. The molecule has 3 rings (SSSR count). The second kappa shape index (κ2) is 4.85. The molecule has 2 heterocycles. The highest BCUT2D eigenvalue weighted by atomic mass is 16.3. The number of carbonyl (C=O) groups excluding carboxylic acids is 1. The van der Waals surface area contributed by atoms with Gasteiger partial charge in [0, 0.05) is 23.2 Å². The average molecular weight is 269 g/mol. The summed E-state index contributed by atoms with van der Waals surface area (Å²) in [7, 11) is 0. The van der Waals surface area contributed by atoms with Crippen molar-refractivity contribution in [1.29, 1.82) is 0 Å². The molecule has 0 fully saturated rings. The van der Waals surface area contributed by atoms with Gasteiger partial charge in [0.15, 0.2) is 5.76 Å². The third-order valence-electron chi connectivity index (χ3n) is 3.27. The molecule has 20 heavy (non-hydrogen) atoms. The van der Waals surface area contributed by atoms with E-state index in [1.54, 1.807) is 12.3 Å². The maximum Gasteiger partial charge on any atom is 0.287 e. The molecule has 5 nitrogen and oxygen atoms in total. The zero-order valence-corrected chi connectivity index (χ0v) is 11.4. The van der Waals surface area contributed by atoms with Gasteiger partial charge in [-0.3, -0.25) is 9.89 Å². The van der Waals surface area contributed by atoms with Gasteiger partial charge in [0.25, 0.3) is 5.91 Å². The molecule has 0 aliphatic carbocycles. The maximum absolute atomic E-state index is 12.1. The largest absolute Gasteiger partial charge is 0.451 e. The summed E-state index contributed by atoms with van der Waals surface area (Å²) in [6.07, 6.45) is 1.71. The number of rotatable bonds is 3. The van der Waals surface area contributed by atoms with Gasteiger partial charge in [-0.05, 0) is 32.0 Å². The highest BCUT2D eigenvalue weighted by Gasteiger charge is 2.12. The number of furan rings is 1. The van der Waals surface area contributed by atoms with Crippen LogP contribution in [0.5, 0.6) is 0 Å². The summed E-state index contributed by atoms with van der Waals surface area (Å²) in [6.45, 7) is 4.35. The molecule has 5 heteroatoms. The Morgan fingerprint density at radius 2 is 2.20 bits per heavy atom. The molecule has 0 spiro atoms. The Kier molecular flexibility index (Phi) is 3.02. The van der Waals surface area contributed by atoms with Crippen molar-refractivity contribution in [3.8, 4) is 0 Å². The molecule has 102 valence electrons. The fourth-order valence-corrected chi connectivity index (χ4v) is 2.09. The summed E-state index contributed by atoms with van der Waals surface area (Å²) < 4.78 is 5.55. The van der Waals surface area contributed by atoms with Gasteiger partial charge in [0.05, 0.1) is 6.20 Å². The first-order valence-corrected chi connectivity index (χ1v) is 6.41. The van der Waals surface area contributed by atoms with Crippen LogP contribution in [0.15, 0.2) is 34.9 Å². The van der Waals surface area contributed by atoms with Gasteiger partial charge in [-0.2, -0.15) is 5.10 Å². The van der Waals surface area contributed by atoms with E-state index in [1.165, 1.54) is 0 Å². The first-order chi connectivity index (χ1) is 9.63. The average Bonchev–Trinajstić information content (AvgIpc) is 3.01. The molecule has 2 N–H and O–H groups in total. The predicted molar refractivity (Wildman–Crippen MR) is 75.4 cm³/mol. The number of benzene rings is 1. The highest BCUT2D eigenvalue weighted by molar-refractivity contribution is 5.96. The van der Waals surface area contributed by atoms with E-state index in [-0.39, 0.29) is 5.91 Å². The zero-order chi connectivity index (χ0) is 14.1. The third kappa shape index (κ3) is 2.30. The molecule has 0 bridgehead atoms. The Balaban J connectivity index is 1.77. The van der Waals surface area contributed by atoms with Crippen LogP contribution in [0.2, 0.25) is 0 Å². The quantitative estimate of drug-likeness (QED) is 0.768. The Morgan fingerprint density at radius 1 is 1.35 bits per heavy atom. The van der Waals surface area contributed by atoms with Crippen LogP contribution in [0, 0.1) is 13.8 Å². The van der Waals surface area contributed by atoms with Crippen molar-refractivity contribution >= 4 is 16.9 Å². The Labute approximate surface area is 116 Å². The fraction of sp³-hybridized carbons (Fsp3) is 0.200. The molecule has 0 saturated heterocycles. The smallest absolute Gasteiger partial charge is 0.287 e. The van der Waals surface area contributed by atoms with Crippen molar-refractivity contribution in [3.05, 3.63) is 53.0 Å². The van der Waals surface area contributed by atoms with Crippen LogP contribution in [0.4, 0.5) is 0 Å². The van der Waals surface area contributed by atoms with E-state index >= 15 is 0 Å². The van der Waals surface area contributed by atoms with Gasteiger partial charge >= 0.3 is 0 Å². The highest BCUT2D eigenvalue weighted by Crippen LogP contribution is 2.20. The van der Waals surface area contributed by atoms with Gasteiger partial charge < -0.3 is 9.73 Å². The molecular weight excluding hydrogens is 254 g/mol. The summed E-state index contributed by atoms with van der Waals surface area (Å²) in [5.41, 5.74) is 3.77. The lowest BCUT2D eigenvalue weighted by Crippen LogP contribution is -2.22. The van der Waals surface area contributed by atoms with Crippen molar-refractivity contribution in [3.63, 3.8) is 0 Å². The number of amides is 1. The molecule has 0 aliphatic rings. The number of carbonyl (C=O) groups is 1. The number of nitrogens with zero attached hydrogens (tertiary/aromatic N) is 1.